The zero-order valence-corrected chi connectivity index (χ0v) is 13.2. The Morgan fingerprint density at radius 1 is 1.05 bits per heavy atom. The molecule has 2 aliphatic rings. The van der Waals surface area contributed by atoms with Crippen LogP contribution < -0.4 is 5.32 Å². The van der Waals surface area contributed by atoms with Crippen LogP contribution in [-0.4, -0.2) is 29.4 Å². The Balaban J connectivity index is 1.70. The van der Waals surface area contributed by atoms with Gasteiger partial charge < -0.3 is 5.32 Å². The highest BCUT2D eigenvalue weighted by Crippen LogP contribution is 2.31. The Morgan fingerprint density at radius 3 is 2.38 bits per heavy atom. The topological polar surface area (TPSA) is 32.3 Å². The summed E-state index contributed by atoms with van der Waals surface area (Å²) in [5, 5.41) is 3.15. The number of hydrogen-bond donors (Lipinski definition) is 1. The maximum absolute atomic E-state index is 12.7. The zero-order valence-electron chi connectivity index (χ0n) is 13.2. The number of anilines is 1. The molecule has 1 aliphatic heterocycles. The number of aryl methyl sites for hydroxylation is 2. The van der Waals surface area contributed by atoms with Crippen molar-refractivity contribution in [3.8, 4) is 0 Å². The average molecular weight is 286 g/mol. The van der Waals surface area contributed by atoms with Gasteiger partial charge in [0.1, 0.15) is 0 Å². The fraction of sp³-hybridized carbons (Fsp3) is 0.611. The van der Waals surface area contributed by atoms with Crippen molar-refractivity contribution < 1.29 is 4.79 Å². The largest absolute Gasteiger partial charge is 0.325 e. The highest BCUT2D eigenvalue weighted by atomic mass is 16.2. The van der Waals surface area contributed by atoms with Crippen LogP contribution in [0.1, 0.15) is 49.7 Å². The van der Waals surface area contributed by atoms with Gasteiger partial charge in [-0.25, -0.2) is 0 Å². The number of rotatable bonds is 3. The molecule has 1 amide bonds. The van der Waals surface area contributed by atoms with Gasteiger partial charge in [0.05, 0.1) is 6.04 Å². The van der Waals surface area contributed by atoms with E-state index < -0.39 is 0 Å². The van der Waals surface area contributed by atoms with Gasteiger partial charge in [0.2, 0.25) is 5.91 Å². The SMILES string of the molecule is Cc1cc(C)cc(NC(=O)[C@@H]2CCCCN2C2CCC2)c1. The molecular formula is C18H26N2O. The van der Waals surface area contributed by atoms with Crippen molar-refractivity contribution in [2.45, 2.75) is 64.5 Å². The summed E-state index contributed by atoms with van der Waals surface area (Å²) in [4.78, 5) is 15.2. The van der Waals surface area contributed by atoms with Gasteiger partial charge in [0.25, 0.3) is 0 Å². The molecular weight excluding hydrogens is 260 g/mol. The molecule has 1 saturated heterocycles. The van der Waals surface area contributed by atoms with Crippen LogP contribution in [0.15, 0.2) is 18.2 Å². The second kappa shape index (κ2) is 6.18. The Kier molecular flexibility index (Phi) is 4.29. The zero-order chi connectivity index (χ0) is 14.8. The summed E-state index contributed by atoms with van der Waals surface area (Å²) in [6.07, 6.45) is 7.29. The van der Waals surface area contributed by atoms with E-state index in [-0.39, 0.29) is 11.9 Å². The summed E-state index contributed by atoms with van der Waals surface area (Å²) in [5.41, 5.74) is 3.34. The summed E-state index contributed by atoms with van der Waals surface area (Å²) >= 11 is 0. The van der Waals surface area contributed by atoms with Crippen LogP contribution in [0.5, 0.6) is 0 Å². The molecule has 0 spiro atoms. The Labute approximate surface area is 127 Å². The second-order valence-electron chi connectivity index (χ2n) is 6.70. The number of carbonyl (C=O) groups is 1. The number of benzene rings is 1. The molecule has 3 heteroatoms. The maximum Gasteiger partial charge on any atom is 0.241 e. The minimum Gasteiger partial charge on any atom is -0.325 e. The second-order valence-corrected chi connectivity index (χ2v) is 6.70. The normalized spacial score (nSPS) is 23.6. The van der Waals surface area contributed by atoms with E-state index in [4.69, 9.17) is 0 Å². The first kappa shape index (κ1) is 14.6. The van der Waals surface area contributed by atoms with Crippen LogP contribution in [0, 0.1) is 13.8 Å². The third-order valence-corrected chi connectivity index (χ3v) is 4.88. The van der Waals surface area contributed by atoms with Crippen molar-refractivity contribution >= 4 is 11.6 Å². The number of nitrogens with zero attached hydrogens (tertiary/aromatic N) is 1. The Morgan fingerprint density at radius 2 is 1.76 bits per heavy atom. The molecule has 3 rings (SSSR count). The first-order chi connectivity index (χ1) is 10.1. The molecule has 21 heavy (non-hydrogen) atoms. The monoisotopic (exact) mass is 286 g/mol. The number of hydrogen-bond acceptors (Lipinski definition) is 2. The lowest BCUT2D eigenvalue weighted by Crippen LogP contribution is -2.53. The molecule has 1 atom stereocenters. The van der Waals surface area contributed by atoms with Crippen LogP contribution in [0.2, 0.25) is 0 Å². The fourth-order valence-electron chi connectivity index (χ4n) is 3.66. The molecule has 1 saturated carbocycles. The van der Waals surface area contributed by atoms with Gasteiger partial charge in [-0.3, -0.25) is 9.69 Å². The third kappa shape index (κ3) is 3.29. The molecule has 114 valence electrons. The van der Waals surface area contributed by atoms with Crippen LogP contribution in [-0.2, 0) is 4.79 Å². The lowest BCUT2D eigenvalue weighted by molar-refractivity contribution is -0.124. The lowest BCUT2D eigenvalue weighted by atomic mass is 9.87. The summed E-state index contributed by atoms with van der Waals surface area (Å²) < 4.78 is 0. The van der Waals surface area contributed by atoms with Crippen LogP contribution in [0.3, 0.4) is 0 Å². The van der Waals surface area contributed by atoms with Crippen LogP contribution >= 0.6 is 0 Å². The van der Waals surface area contributed by atoms with Gasteiger partial charge in [0, 0.05) is 11.7 Å². The number of piperidine rings is 1. The highest BCUT2D eigenvalue weighted by Gasteiger charge is 2.35. The van der Waals surface area contributed by atoms with Gasteiger partial charge in [-0.15, -0.1) is 0 Å². The number of likely N-dealkylation sites (tertiary alicyclic amines) is 1. The molecule has 3 nitrogen and oxygen atoms in total. The summed E-state index contributed by atoms with van der Waals surface area (Å²) in [6.45, 7) is 5.24. The minimum atomic E-state index is 0.0740. The van der Waals surface area contributed by atoms with E-state index >= 15 is 0 Å². The smallest absolute Gasteiger partial charge is 0.241 e. The van der Waals surface area contributed by atoms with Gasteiger partial charge in [0.15, 0.2) is 0 Å². The Bertz CT molecular complexity index is 502. The van der Waals surface area contributed by atoms with E-state index in [9.17, 15) is 4.79 Å². The highest BCUT2D eigenvalue weighted by molar-refractivity contribution is 5.95. The summed E-state index contributed by atoms with van der Waals surface area (Å²) in [6, 6.07) is 6.98. The predicted octanol–water partition coefficient (Wildman–Crippen LogP) is 3.65. The third-order valence-electron chi connectivity index (χ3n) is 4.88. The van der Waals surface area contributed by atoms with Crippen LogP contribution in [0.4, 0.5) is 5.69 Å². The van der Waals surface area contributed by atoms with Gasteiger partial charge >= 0.3 is 0 Å². The van der Waals surface area contributed by atoms with Crippen molar-refractivity contribution in [3.63, 3.8) is 0 Å². The average Bonchev–Trinajstić information content (AvgIpc) is 2.36. The van der Waals surface area contributed by atoms with E-state index in [2.05, 4.69) is 42.3 Å². The van der Waals surface area contributed by atoms with E-state index in [0.717, 1.165) is 18.7 Å². The molecule has 1 aromatic rings. The van der Waals surface area contributed by atoms with Gasteiger partial charge in [-0.05, 0) is 69.3 Å². The predicted molar refractivity (Wildman–Crippen MR) is 86.5 cm³/mol. The van der Waals surface area contributed by atoms with Crippen molar-refractivity contribution in [1.82, 2.24) is 4.90 Å². The van der Waals surface area contributed by atoms with E-state index in [0.29, 0.717) is 6.04 Å². The quantitative estimate of drug-likeness (QED) is 0.920. The standard InChI is InChI=1S/C18H26N2O/c1-13-10-14(2)12-15(11-13)19-18(21)17-8-3-4-9-20(17)16-6-5-7-16/h10-12,16-17H,3-9H2,1-2H3,(H,19,21)/t17-/m0/s1. The van der Waals surface area contributed by atoms with Crippen molar-refractivity contribution in [1.29, 1.82) is 0 Å². The molecule has 1 heterocycles. The van der Waals surface area contributed by atoms with Crippen LogP contribution in [0.25, 0.3) is 0 Å². The molecule has 0 unspecified atom stereocenters. The van der Waals surface area contributed by atoms with E-state index in [1.165, 1.54) is 43.2 Å². The maximum atomic E-state index is 12.7. The van der Waals surface area contributed by atoms with Crippen molar-refractivity contribution in [3.05, 3.63) is 29.3 Å². The molecule has 0 bridgehead atoms. The summed E-state index contributed by atoms with van der Waals surface area (Å²) in [7, 11) is 0. The molecule has 0 radical (unpaired) electrons. The lowest BCUT2D eigenvalue weighted by Gasteiger charge is -2.44. The van der Waals surface area contributed by atoms with E-state index in [1.807, 2.05) is 0 Å². The Hall–Kier alpha value is -1.35. The van der Waals surface area contributed by atoms with Gasteiger partial charge in [-0.1, -0.05) is 18.9 Å². The molecule has 0 aromatic heterocycles. The first-order valence-corrected chi connectivity index (χ1v) is 8.28. The molecule has 1 aromatic carbocycles. The van der Waals surface area contributed by atoms with Crippen molar-refractivity contribution in [2.24, 2.45) is 0 Å². The summed E-state index contributed by atoms with van der Waals surface area (Å²) in [5.74, 6) is 0.187. The molecule has 1 aliphatic carbocycles. The van der Waals surface area contributed by atoms with E-state index in [1.54, 1.807) is 0 Å². The number of carbonyl (C=O) groups excluding carboxylic acids is 1. The fourth-order valence-corrected chi connectivity index (χ4v) is 3.66. The number of amides is 1. The number of nitrogens with one attached hydrogen (secondary N) is 1. The molecule has 1 N–H and O–H groups in total. The minimum absolute atomic E-state index is 0.0740. The molecule has 2 fully saturated rings. The van der Waals surface area contributed by atoms with Crippen molar-refractivity contribution in [2.75, 3.05) is 11.9 Å². The first-order valence-electron chi connectivity index (χ1n) is 8.28. The van der Waals surface area contributed by atoms with Gasteiger partial charge in [-0.2, -0.15) is 0 Å².